The Morgan fingerprint density at radius 2 is 1.61 bits per heavy atom. The number of rotatable bonds is 1. The van der Waals surface area contributed by atoms with Crippen molar-refractivity contribution in [1.29, 1.82) is 0 Å². The van der Waals surface area contributed by atoms with Crippen molar-refractivity contribution in [2.45, 2.75) is 12.5 Å². The number of benzene rings is 2. The molecule has 0 radical (unpaired) electrons. The van der Waals surface area contributed by atoms with Crippen LogP contribution in [0, 0.1) is 0 Å². The maximum absolute atomic E-state index is 11.8. The van der Waals surface area contributed by atoms with Gasteiger partial charge in [0, 0.05) is 11.3 Å². The number of hydrogen-bond acceptors (Lipinski definition) is 1. The molecule has 0 aliphatic carbocycles. The van der Waals surface area contributed by atoms with E-state index in [-0.39, 0.29) is 6.03 Å². The van der Waals surface area contributed by atoms with Crippen LogP contribution in [0.25, 0.3) is 0 Å². The summed E-state index contributed by atoms with van der Waals surface area (Å²) in [5.74, 6) is 0. The maximum atomic E-state index is 11.8. The van der Waals surface area contributed by atoms with Gasteiger partial charge in [0.05, 0.1) is 5.54 Å². The fourth-order valence-corrected chi connectivity index (χ4v) is 2.48. The summed E-state index contributed by atoms with van der Waals surface area (Å²) in [5, 5.41) is 5.85. The molecule has 18 heavy (non-hydrogen) atoms. The molecule has 90 valence electrons. The van der Waals surface area contributed by atoms with Crippen molar-refractivity contribution >= 4 is 11.7 Å². The predicted octanol–water partition coefficient (Wildman–Crippen LogP) is 3.09. The highest BCUT2D eigenvalue weighted by Crippen LogP contribution is 2.36. The van der Waals surface area contributed by atoms with Gasteiger partial charge >= 0.3 is 6.03 Å². The van der Waals surface area contributed by atoms with Crippen LogP contribution in [0.3, 0.4) is 0 Å². The van der Waals surface area contributed by atoms with Gasteiger partial charge in [-0.1, -0.05) is 48.5 Å². The number of para-hydroxylation sites is 1. The summed E-state index contributed by atoms with van der Waals surface area (Å²) in [5.41, 5.74) is 2.54. The van der Waals surface area contributed by atoms with Crippen molar-refractivity contribution in [3.63, 3.8) is 0 Å². The molecule has 2 aromatic rings. The highest BCUT2D eigenvalue weighted by molar-refractivity contribution is 5.94. The van der Waals surface area contributed by atoms with Crippen LogP contribution in [0.5, 0.6) is 0 Å². The van der Waals surface area contributed by atoms with Gasteiger partial charge in [-0.25, -0.2) is 4.79 Å². The van der Waals surface area contributed by atoms with Gasteiger partial charge in [0.2, 0.25) is 0 Å². The van der Waals surface area contributed by atoms with Gasteiger partial charge in [0.15, 0.2) is 0 Å². The Labute approximate surface area is 106 Å². The molecule has 2 N–H and O–H groups in total. The summed E-state index contributed by atoms with van der Waals surface area (Å²) in [6.45, 7) is 2.03. The van der Waals surface area contributed by atoms with E-state index in [4.69, 9.17) is 0 Å². The molecule has 2 aromatic carbocycles. The van der Waals surface area contributed by atoms with E-state index < -0.39 is 5.54 Å². The molecule has 0 bridgehead atoms. The van der Waals surface area contributed by atoms with Crippen molar-refractivity contribution in [1.82, 2.24) is 5.32 Å². The third kappa shape index (κ3) is 1.56. The Bertz CT molecular complexity index is 594. The molecule has 2 amide bonds. The zero-order chi connectivity index (χ0) is 12.6. The molecular weight excluding hydrogens is 224 g/mol. The van der Waals surface area contributed by atoms with Gasteiger partial charge < -0.3 is 10.6 Å². The fraction of sp³-hybridized carbons (Fsp3) is 0.133. The lowest BCUT2D eigenvalue weighted by atomic mass is 9.82. The van der Waals surface area contributed by atoms with Crippen LogP contribution in [0.15, 0.2) is 54.6 Å². The van der Waals surface area contributed by atoms with E-state index in [2.05, 4.69) is 10.6 Å². The first-order valence-electron chi connectivity index (χ1n) is 5.94. The molecule has 0 saturated heterocycles. The third-order valence-electron chi connectivity index (χ3n) is 3.43. The van der Waals surface area contributed by atoms with E-state index in [1.807, 2.05) is 61.5 Å². The summed E-state index contributed by atoms with van der Waals surface area (Å²) in [6, 6.07) is 17.7. The van der Waals surface area contributed by atoms with Gasteiger partial charge in [0.25, 0.3) is 0 Å². The standard InChI is InChI=1S/C15H14N2O/c1-15(11-7-3-2-4-8-11)12-9-5-6-10-13(12)16-14(18)17-15/h2-10H,1H3,(H2,16,17,18). The van der Waals surface area contributed by atoms with Crippen LogP contribution < -0.4 is 10.6 Å². The monoisotopic (exact) mass is 238 g/mol. The Kier molecular flexibility index (Phi) is 2.33. The third-order valence-corrected chi connectivity index (χ3v) is 3.43. The minimum absolute atomic E-state index is 0.167. The van der Waals surface area contributed by atoms with Crippen molar-refractivity contribution in [2.24, 2.45) is 0 Å². The smallest absolute Gasteiger partial charge is 0.320 e. The van der Waals surface area contributed by atoms with E-state index in [0.29, 0.717) is 0 Å². The van der Waals surface area contributed by atoms with E-state index in [0.717, 1.165) is 16.8 Å². The molecule has 1 aliphatic heterocycles. The predicted molar refractivity (Wildman–Crippen MR) is 71.5 cm³/mol. The van der Waals surface area contributed by atoms with Gasteiger partial charge in [-0.3, -0.25) is 0 Å². The van der Waals surface area contributed by atoms with E-state index in [1.165, 1.54) is 0 Å². The summed E-state index contributed by atoms with van der Waals surface area (Å²) in [6.07, 6.45) is 0. The molecule has 0 saturated carbocycles. The van der Waals surface area contributed by atoms with Crippen LogP contribution in [-0.2, 0) is 5.54 Å². The highest BCUT2D eigenvalue weighted by Gasteiger charge is 2.36. The summed E-state index contributed by atoms with van der Waals surface area (Å²) in [7, 11) is 0. The summed E-state index contributed by atoms with van der Waals surface area (Å²) in [4.78, 5) is 11.8. The number of fused-ring (bicyclic) bond motifs is 1. The van der Waals surface area contributed by atoms with Crippen LogP contribution in [0.2, 0.25) is 0 Å². The number of amides is 2. The average Bonchev–Trinajstić information content (AvgIpc) is 2.39. The number of nitrogens with one attached hydrogen (secondary N) is 2. The van der Waals surface area contributed by atoms with Crippen LogP contribution in [-0.4, -0.2) is 6.03 Å². The van der Waals surface area contributed by atoms with Crippen molar-refractivity contribution in [3.8, 4) is 0 Å². The number of carbonyl (C=O) groups is 1. The molecular formula is C15H14N2O. The molecule has 1 aliphatic rings. The molecule has 3 nitrogen and oxygen atoms in total. The number of hydrogen-bond donors (Lipinski definition) is 2. The second kappa shape index (κ2) is 3.88. The molecule has 1 atom stereocenters. The highest BCUT2D eigenvalue weighted by atomic mass is 16.2. The quantitative estimate of drug-likeness (QED) is 0.787. The topological polar surface area (TPSA) is 41.1 Å². The molecule has 3 heteroatoms. The SMILES string of the molecule is CC1(c2ccccc2)NC(=O)Nc2ccccc21. The van der Waals surface area contributed by atoms with Gasteiger partial charge in [0.1, 0.15) is 0 Å². The molecule has 0 fully saturated rings. The largest absolute Gasteiger partial charge is 0.324 e. The summed E-state index contributed by atoms with van der Waals surface area (Å²) < 4.78 is 0. The minimum atomic E-state index is -0.486. The number of carbonyl (C=O) groups excluding carboxylic acids is 1. The van der Waals surface area contributed by atoms with Gasteiger partial charge in [-0.05, 0) is 18.6 Å². The molecule has 0 spiro atoms. The lowest BCUT2D eigenvalue weighted by Crippen LogP contribution is -2.50. The average molecular weight is 238 g/mol. The summed E-state index contributed by atoms with van der Waals surface area (Å²) >= 11 is 0. The zero-order valence-electron chi connectivity index (χ0n) is 10.1. The maximum Gasteiger partial charge on any atom is 0.320 e. The van der Waals surface area contributed by atoms with E-state index in [9.17, 15) is 4.79 Å². The van der Waals surface area contributed by atoms with Crippen LogP contribution in [0.4, 0.5) is 10.5 Å². The van der Waals surface area contributed by atoms with Crippen molar-refractivity contribution < 1.29 is 4.79 Å². The first-order chi connectivity index (χ1) is 8.70. The van der Waals surface area contributed by atoms with Crippen LogP contribution in [0.1, 0.15) is 18.1 Å². The molecule has 1 heterocycles. The number of urea groups is 1. The lowest BCUT2D eigenvalue weighted by Gasteiger charge is -2.37. The Morgan fingerprint density at radius 1 is 0.944 bits per heavy atom. The fourth-order valence-electron chi connectivity index (χ4n) is 2.48. The Morgan fingerprint density at radius 3 is 2.39 bits per heavy atom. The first kappa shape index (κ1) is 10.8. The zero-order valence-corrected chi connectivity index (χ0v) is 10.1. The Balaban J connectivity index is 2.21. The van der Waals surface area contributed by atoms with Gasteiger partial charge in [-0.2, -0.15) is 0 Å². The molecule has 0 aromatic heterocycles. The van der Waals surface area contributed by atoms with E-state index >= 15 is 0 Å². The van der Waals surface area contributed by atoms with E-state index in [1.54, 1.807) is 0 Å². The first-order valence-corrected chi connectivity index (χ1v) is 5.94. The van der Waals surface area contributed by atoms with Crippen molar-refractivity contribution in [3.05, 3.63) is 65.7 Å². The normalized spacial score (nSPS) is 21.7. The molecule has 1 unspecified atom stereocenters. The van der Waals surface area contributed by atoms with Gasteiger partial charge in [-0.15, -0.1) is 0 Å². The Hall–Kier alpha value is -2.29. The van der Waals surface area contributed by atoms with Crippen LogP contribution >= 0.6 is 0 Å². The molecule has 3 rings (SSSR count). The second-order valence-electron chi connectivity index (χ2n) is 4.62. The second-order valence-corrected chi connectivity index (χ2v) is 4.62. The van der Waals surface area contributed by atoms with Crippen molar-refractivity contribution in [2.75, 3.05) is 5.32 Å². The lowest BCUT2D eigenvalue weighted by molar-refractivity contribution is 0.242. The minimum Gasteiger partial charge on any atom is -0.324 e. The number of anilines is 1.